The minimum atomic E-state index is -4.49. The number of aromatic nitrogens is 2. The average Bonchev–Trinajstić information content (AvgIpc) is 3.09. The van der Waals surface area contributed by atoms with Crippen LogP contribution >= 0.6 is 11.6 Å². The number of rotatable bonds is 7. The number of hydrogen-bond donors (Lipinski definition) is 2. The summed E-state index contributed by atoms with van der Waals surface area (Å²) in [6.45, 7) is 1.64. The Kier molecular flexibility index (Phi) is 7.50. The molecule has 2 bridgehead atoms. The molecule has 8 nitrogen and oxygen atoms in total. The smallest absolute Gasteiger partial charge is 0.405 e. The van der Waals surface area contributed by atoms with Crippen molar-refractivity contribution in [3.8, 4) is 5.88 Å². The van der Waals surface area contributed by atoms with Crippen LogP contribution in [0.5, 0.6) is 5.88 Å². The number of amides is 2. The number of ether oxygens (including phenoxy) is 1. The number of nitrogens with zero attached hydrogens (tertiary/aromatic N) is 3. The van der Waals surface area contributed by atoms with Crippen LogP contribution in [0.25, 0.3) is 0 Å². The van der Waals surface area contributed by atoms with Crippen molar-refractivity contribution in [1.82, 2.24) is 20.6 Å². The first kappa shape index (κ1) is 26.9. The van der Waals surface area contributed by atoms with Gasteiger partial charge in [-0.05, 0) is 57.7 Å². The van der Waals surface area contributed by atoms with Crippen molar-refractivity contribution in [1.29, 1.82) is 0 Å². The molecule has 200 valence electrons. The van der Waals surface area contributed by atoms with Crippen LogP contribution in [-0.2, 0) is 4.79 Å². The summed E-state index contributed by atoms with van der Waals surface area (Å²) in [5, 5.41) is 4.94. The van der Waals surface area contributed by atoms with Gasteiger partial charge < -0.3 is 20.3 Å². The second-order valence-corrected chi connectivity index (χ2v) is 10.1. The largest absolute Gasteiger partial charge is 0.459 e. The van der Waals surface area contributed by atoms with Gasteiger partial charge in [0.25, 0.3) is 17.7 Å². The quantitative estimate of drug-likeness (QED) is 0.512. The summed E-state index contributed by atoms with van der Waals surface area (Å²) in [4.78, 5) is 35.2. The molecule has 2 aliphatic heterocycles. The maximum absolute atomic E-state index is 14.1. The molecule has 37 heavy (non-hydrogen) atoms. The van der Waals surface area contributed by atoms with Crippen LogP contribution in [0.2, 0.25) is 5.02 Å². The number of pyridine rings is 2. The van der Waals surface area contributed by atoms with Crippen molar-refractivity contribution < 1.29 is 31.9 Å². The van der Waals surface area contributed by atoms with E-state index in [2.05, 4.69) is 20.2 Å². The van der Waals surface area contributed by atoms with Gasteiger partial charge in [0.2, 0.25) is 0 Å². The molecule has 4 heterocycles. The molecule has 2 N–H and O–H groups in total. The highest BCUT2D eigenvalue weighted by Gasteiger charge is 2.43. The molecule has 2 atom stereocenters. The molecule has 2 saturated heterocycles. The third-order valence-electron chi connectivity index (χ3n) is 6.47. The van der Waals surface area contributed by atoms with Gasteiger partial charge in [-0.3, -0.25) is 9.59 Å². The van der Waals surface area contributed by atoms with E-state index in [0.717, 1.165) is 18.9 Å². The molecule has 13 heteroatoms. The molecule has 0 spiro atoms. The predicted molar refractivity (Wildman–Crippen MR) is 127 cm³/mol. The van der Waals surface area contributed by atoms with Gasteiger partial charge in [-0.25, -0.2) is 14.4 Å². The number of fused-ring (bicyclic) bond motifs is 2. The monoisotopic (exact) mass is 543 g/mol. The summed E-state index contributed by atoms with van der Waals surface area (Å²) in [6.07, 6.45) is 1.04. The predicted octanol–water partition coefficient (Wildman–Crippen LogP) is 4.03. The number of carbonyl (C=O) groups excluding carboxylic acids is 2. The summed E-state index contributed by atoms with van der Waals surface area (Å²) in [5.74, 6) is -1.72. The number of carbonyl (C=O) groups is 2. The van der Waals surface area contributed by atoms with Gasteiger partial charge >= 0.3 is 6.18 Å². The molecular formula is C24H26ClF4N5O3. The van der Waals surface area contributed by atoms with E-state index < -0.39 is 36.0 Å². The highest BCUT2D eigenvalue weighted by atomic mass is 35.5. The van der Waals surface area contributed by atoms with Crippen LogP contribution in [0, 0.1) is 5.82 Å². The van der Waals surface area contributed by atoms with Crippen molar-refractivity contribution in [2.45, 2.75) is 69.4 Å². The molecule has 2 aliphatic rings. The lowest BCUT2D eigenvalue weighted by Gasteiger charge is -2.40. The van der Waals surface area contributed by atoms with Crippen molar-refractivity contribution >= 4 is 29.2 Å². The lowest BCUT2D eigenvalue weighted by molar-refractivity contribution is -0.135. The summed E-state index contributed by atoms with van der Waals surface area (Å²) in [5.41, 5.74) is -1.35. The maximum Gasteiger partial charge on any atom is 0.405 e. The fraction of sp³-hybridized carbons (Fsp3) is 0.500. The van der Waals surface area contributed by atoms with Crippen LogP contribution in [0.1, 0.15) is 49.9 Å². The summed E-state index contributed by atoms with van der Waals surface area (Å²) in [7, 11) is 0. The van der Waals surface area contributed by atoms with Gasteiger partial charge in [0.1, 0.15) is 12.4 Å². The number of halogens is 5. The Morgan fingerprint density at radius 2 is 1.81 bits per heavy atom. The van der Waals surface area contributed by atoms with Crippen molar-refractivity contribution in [3.05, 3.63) is 47.0 Å². The van der Waals surface area contributed by atoms with E-state index in [4.69, 9.17) is 16.3 Å². The molecule has 2 unspecified atom stereocenters. The number of alkyl halides is 3. The van der Waals surface area contributed by atoms with E-state index in [9.17, 15) is 27.2 Å². The Balaban J connectivity index is 1.35. The van der Waals surface area contributed by atoms with Crippen molar-refractivity contribution in [2.75, 3.05) is 11.4 Å². The zero-order chi connectivity index (χ0) is 27.0. The van der Waals surface area contributed by atoms with Gasteiger partial charge in [-0.1, -0.05) is 11.6 Å². The Hall–Kier alpha value is -3.15. The van der Waals surface area contributed by atoms with Crippen LogP contribution < -0.4 is 20.3 Å². The molecule has 0 aliphatic carbocycles. The fourth-order valence-electron chi connectivity index (χ4n) is 4.75. The molecular weight excluding hydrogens is 518 g/mol. The zero-order valence-electron chi connectivity index (χ0n) is 20.1. The van der Waals surface area contributed by atoms with Gasteiger partial charge in [-0.15, -0.1) is 0 Å². The maximum atomic E-state index is 14.1. The number of piperidine rings is 1. The summed E-state index contributed by atoms with van der Waals surface area (Å²) < 4.78 is 56.7. The van der Waals surface area contributed by atoms with E-state index >= 15 is 0 Å². The molecule has 4 rings (SSSR count). The molecule has 2 aromatic rings. The lowest BCUT2D eigenvalue weighted by Crippen LogP contribution is -2.55. The average molecular weight is 544 g/mol. The first-order valence-electron chi connectivity index (χ1n) is 11.7. The molecule has 2 aromatic heterocycles. The van der Waals surface area contributed by atoms with E-state index in [1.807, 2.05) is 5.32 Å². The molecule has 0 saturated carbocycles. The van der Waals surface area contributed by atoms with Crippen LogP contribution in [0.4, 0.5) is 23.4 Å². The number of nitrogens with one attached hydrogen (secondary N) is 2. The van der Waals surface area contributed by atoms with E-state index in [1.54, 1.807) is 6.07 Å². The highest BCUT2D eigenvalue weighted by molar-refractivity contribution is 6.30. The summed E-state index contributed by atoms with van der Waals surface area (Å²) in [6, 6.07) is 4.16. The van der Waals surface area contributed by atoms with Gasteiger partial charge in [-0.2, -0.15) is 13.2 Å². The summed E-state index contributed by atoms with van der Waals surface area (Å²) >= 11 is 5.72. The topological polar surface area (TPSA) is 96.5 Å². The number of hydrogen-bond acceptors (Lipinski definition) is 6. The van der Waals surface area contributed by atoms with E-state index in [0.29, 0.717) is 18.7 Å². The lowest BCUT2D eigenvalue weighted by atomic mass is 9.96. The number of anilines is 1. The molecule has 0 radical (unpaired) electrons. The third-order valence-corrected chi connectivity index (χ3v) is 6.67. The van der Waals surface area contributed by atoms with Crippen molar-refractivity contribution in [3.63, 3.8) is 0 Å². The van der Waals surface area contributed by atoms with Crippen LogP contribution in [0.3, 0.4) is 0 Å². The second-order valence-electron chi connectivity index (χ2n) is 9.69. The standard InChI is InChI=1S/C24H26ClF4N5O3/c1-23(2,37-21-18(26)7-14(25)11-31-21)22(36)33-15-8-16-4-5-17(9-15)34(16)19-6-3-13(10-30-19)20(35)32-12-24(27,28)29/h3,6-7,10-11,15-17H,4-5,8-9,12H2,1-2H3,(H,32,35)(H,33,36). The molecule has 2 fully saturated rings. The second kappa shape index (κ2) is 10.3. The van der Waals surface area contributed by atoms with Crippen molar-refractivity contribution in [2.24, 2.45) is 0 Å². The molecule has 0 aromatic carbocycles. The third kappa shape index (κ3) is 6.41. The van der Waals surface area contributed by atoms with E-state index in [-0.39, 0.29) is 34.6 Å². The minimum absolute atomic E-state index is 0.0383. The minimum Gasteiger partial charge on any atom is -0.459 e. The van der Waals surface area contributed by atoms with E-state index in [1.165, 1.54) is 32.3 Å². The van der Waals surface area contributed by atoms with Gasteiger partial charge in [0, 0.05) is 30.5 Å². The normalized spacial score (nSPS) is 21.5. The first-order chi connectivity index (χ1) is 17.3. The fourth-order valence-corrected chi connectivity index (χ4v) is 4.89. The van der Waals surface area contributed by atoms with Gasteiger partial charge in [0.15, 0.2) is 11.4 Å². The zero-order valence-corrected chi connectivity index (χ0v) is 20.9. The first-order valence-corrected chi connectivity index (χ1v) is 12.1. The van der Waals surface area contributed by atoms with Crippen LogP contribution in [-0.4, -0.2) is 58.2 Å². The Morgan fingerprint density at radius 3 is 2.38 bits per heavy atom. The Morgan fingerprint density at radius 1 is 1.14 bits per heavy atom. The molecule has 2 amide bonds. The Bertz CT molecular complexity index is 1150. The van der Waals surface area contributed by atoms with Gasteiger partial charge in [0.05, 0.1) is 10.6 Å². The Labute approximate surface area is 215 Å². The SMILES string of the molecule is CC(C)(Oc1ncc(Cl)cc1F)C(=O)NC1CC2CCC(C1)N2c1ccc(C(=O)NCC(F)(F)F)cn1. The highest BCUT2D eigenvalue weighted by Crippen LogP contribution is 2.38. The van der Waals surface area contributed by atoms with Crippen LogP contribution in [0.15, 0.2) is 30.6 Å².